The average molecular weight is 1080 g/mol. The van der Waals surface area contributed by atoms with Crippen molar-refractivity contribution in [1.82, 2.24) is 4.90 Å². The van der Waals surface area contributed by atoms with Gasteiger partial charge in [0.1, 0.15) is 0 Å². The number of rotatable bonds is 23. The maximum Gasteiger partial charge on any atom is 0.460 e. The molecule has 0 bridgehead atoms. The molecule has 0 rings (SSSR count). The molecular weight excluding hydrogens is 1070 g/mol. The van der Waals surface area contributed by atoms with Crippen molar-refractivity contribution in [2.45, 2.75) is 126 Å². The van der Waals surface area contributed by atoms with Gasteiger partial charge in [0.2, 0.25) is 0 Å². The van der Waals surface area contributed by atoms with E-state index in [1.54, 1.807) is 0 Å². The highest BCUT2D eigenvalue weighted by Gasteiger charge is 2.98. The minimum absolute atomic E-state index is 1.10. The number of carboxylic acid groups (broad SMARTS) is 1. The Morgan fingerprint density at radius 2 is 0.439 bits per heavy atom. The molecule has 0 aromatic heterocycles. The van der Waals surface area contributed by atoms with Crippen molar-refractivity contribution in [3.63, 3.8) is 0 Å². The summed E-state index contributed by atoms with van der Waals surface area (Å²) < 4.78 is 514. The molecule has 0 aliphatic rings. The zero-order valence-electron chi connectivity index (χ0n) is 29.4. The van der Waals surface area contributed by atoms with Gasteiger partial charge in [-0.05, 0) is 0 Å². The largest absolute Gasteiger partial charge is 0.481 e. The topological polar surface area (TPSA) is 40.5 Å². The second kappa shape index (κ2) is 16.7. The van der Waals surface area contributed by atoms with E-state index in [2.05, 4.69) is 0 Å². The molecular formula is C25H13F38NO2. The van der Waals surface area contributed by atoms with Crippen molar-refractivity contribution in [3.05, 3.63) is 0 Å². The van der Waals surface area contributed by atoms with Crippen LogP contribution in [0.3, 0.4) is 0 Å². The molecule has 0 radical (unpaired) electrons. The highest BCUT2D eigenvalue weighted by atomic mass is 19.4. The van der Waals surface area contributed by atoms with Crippen molar-refractivity contribution in [2.24, 2.45) is 0 Å². The Hall–Kier alpha value is -3.23. The molecule has 0 aromatic carbocycles. The van der Waals surface area contributed by atoms with Gasteiger partial charge in [-0.15, -0.1) is 0 Å². The smallest absolute Gasteiger partial charge is 0.460 e. The van der Waals surface area contributed by atoms with Crippen molar-refractivity contribution in [1.29, 1.82) is 0 Å². The van der Waals surface area contributed by atoms with Crippen LogP contribution in [0.4, 0.5) is 167 Å². The van der Waals surface area contributed by atoms with E-state index in [1.165, 1.54) is 0 Å². The first-order valence-corrected chi connectivity index (χ1v) is 15.1. The lowest BCUT2D eigenvalue weighted by Crippen LogP contribution is -2.75. The van der Waals surface area contributed by atoms with Crippen LogP contribution in [-0.4, -0.2) is 143 Å². The van der Waals surface area contributed by atoms with Crippen molar-refractivity contribution in [3.8, 4) is 0 Å². The average Bonchev–Trinajstić information content (AvgIpc) is 3.08. The Morgan fingerprint density at radius 1 is 0.273 bits per heavy atom. The maximum absolute atomic E-state index is 14.3. The molecule has 41 heteroatoms. The van der Waals surface area contributed by atoms with E-state index in [0.717, 1.165) is 0 Å². The second-order valence-corrected chi connectivity index (χ2v) is 12.9. The van der Waals surface area contributed by atoms with Gasteiger partial charge in [0.25, 0.3) is 0 Å². The van der Waals surface area contributed by atoms with E-state index in [9.17, 15) is 172 Å². The van der Waals surface area contributed by atoms with E-state index < -0.39 is 157 Å². The molecule has 0 saturated heterocycles. The standard InChI is InChI=1S/C25H13F38NO2/c26-8(27,10(30,31)12(34,35)14(38,39)16(42,43)18(46,47)20(50,51)22(54,55)24(58,59)60)2-5-64(4-1-7(65)66)6-3-9(28,29)11(32,33)13(36,37)15(40,41)17(44,45)19(48,49)21(52,53)23(56,57)25(61,62)63/h1-6H2,(H,65,66). The molecule has 0 aromatic rings. The molecule has 0 amide bonds. The first kappa shape index (κ1) is 62.8. The summed E-state index contributed by atoms with van der Waals surface area (Å²) in [7, 11) is 0. The second-order valence-electron chi connectivity index (χ2n) is 12.9. The fourth-order valence-electron chi connectivity index (χ4n) is 4.29. The summed E-state index contributed by atoms with van der Waals surface area (Å²) in [6.45, 7) is -8.15. The van der Waals surface area contributed by atoms with Crippen LogP contribution in [0, 0.1) is 0 Å². The van der Waals surface area contributed by atoms with Gasteiger partial charge in [-0.25, -0.2) is 0 Å². The Kier molecular flexibility index (Phi) is 15.9. The van der Waals surface area contributed by atoms with Crippen LogP contribution >= 0.6 is 0 Å². The summed E-state index contributed by atoms with van der Waals surface area (Å²) in [6.07, 6.45) is -26.2. The molecule has 1 N–H and O–H groups in total. The molecule has 0 atom stereocenters. The summed E-state index contributed by atoms with van der Waals surface area (Å²) in [5.74, 6) is -146. The van der Waals surface area contributed by atoms with Gasteiger partial charge < -0.3 is 10.0 Å². The van der Waals surface area contributed by atoms with Crippen LogP contribution < -0.4 is 0 Å². The van der Waals surface area contributed by atoms with Gasteiger partial charge in [0.15, 0.2) is 0 Å². The number of aliphatic carboxylic acids is 1. The van der Waals surface area contributed by atoms with Gasteiger partial charge >= 0.3 is 113 Å². The number of hydrogen-bond acceptors (Lipinski definition) is 2. The summed E-state index contributed by atoms with van der Waals surface area (Å²) in [5, 5.41) is 8.54. The number of halogens is 38. The Morgan fingerprint density at radius 3 is 0.606 bits per heavy atom. The van der Waals surface area contributed by atoms with Crippen LogP contribution in [0.25, 0.3) is 0 Å². The van der Waals surface area contributed by atoms with E-state index in [1.807, 2.05) is 0 Å². The van der Waals surface area contributed by atoms with Crippen LogP contribution in [0.5, 0.6) is 0 Å². The van der Waals surface area contributed by atoms with Gasteiger partial charge in [-0.3, -0.25) is 4.79 Å². The number of carbonyl (C=O) groups is 1. The predicted molar refractivity (Wildman–Crippen MR) is 129 cm³/mol. The van der Waals surface area contributed by atoms with Gasteiger partial charge in [-0.2, -0.15) is 167 Å². The molecule has 66 heavy (non-hydrogen) atoms. The first-order valence-electron chi connectivity index (χ1n) is 15.1. The molecule has 0 saturated carbocycles. The third kappa shape index (κ3) is 8.72. The number of hydrogen-bond donors (Lipinski definition) is 1. The zero-order chi connectivity index (χ0) is 54.4. The maximum atomic E-state index is 14.3. The van der Waals surface area contributed by atoms with Gasteiger partial charge in [0, 0.05) is 32.5 Å². The third-order valence-corrected chi connectivity index (χ3v) is 8.49. The van der Waals surface area contributed by atoms with Gasteiger partial charge in [0.05, 0.1) is 6.42 Å². The molecule has 0 fully saturated rings. The van der Waals surface area contributed by atoms with Crippen LogP contribution in [0.1, 0.15) is 19.3 Å². The Labute approximate surface area is 335 Å². The predicted octanol–water partition coefficient (Wildman–Crippen LogP) is 12.8. The minimum atomic E-state index is -9.47. The third-order valence-electron chi connectivity index (χ3n) is 8.49. The molecule has 396 valence electrons. The Bertz CT molecular complexity index is 1590. The van der Waals surface area contributed by atoms with E-state index in [-0.39, 0.29) is 0 Å². The first-order chi connectivity index (χ1) is 28.0. The number of alkyl halides is 38. The molecule has 0 heterocycles. The summed E-state index contributed by atoms with van der Waals surface area (Å²) in [4.78, 5) is 9.62. The molecule has 0 unspecified atom stereocenters. The monoisotopic (exact) mass is 1080 g/mol. The SMILES string of the molecule is O=C(O)CCN(CCC(F)(F)C(F)(F)C(F)(F)C(F)(F)C(F)(F)C(F)(F)C(F)(F)C(F)(F)C(F)(F)F)CCC(F)(F)C(F)(F)C(F)(F)C(F)(F)C(F)(F)C(F)(F)C(F)(F)C(F)(F)C(F)(F)F. The van der Waals surface area contributed by atoms with E-state index >= 15 is 0 Å². The Balaban J connectivity index is 7.11. The van der Waals surface area contributed by atoms with E-state index in [0.29, 0.717) is 0 Å². The quantitative estimate of drug-likeness (QED) is 0.104. The summed E-state index contributed by atoms with van der Waals surface area (Å²) >= 11 is 0. The fourth-order valence-corrected chi connectivity index (χ4v) is 4.29. The van der Waals surface area contributed by atoms with Crippen molar-refractivity contribution in [2.75, 3.05) is 19.6 Å². The van der Waals surface area contributed by atoms with Crippen LogP contribution in [0.2, 0.25) is 0 Å². The molecule has 0 aliphatic heterocycles. The molecule has 0 spiro atoms. The highest BCUT2D eigenvalue weighted by Crippen LogP contribution is 2.67. The molecule has 0 aliphatic carbocycles. The van der Waals surface area contributed by atoms with Crippen molar-refractivity contribution < 1.29 is 177 Å². The van der Waals surface area contributed by atoms with Gasteiger partial charge in [-0.1, -0.05) is 0 Å². The zero-order valence-corrected chi connectivity index (χ0v) is 29.4. The number of carboxylic acids is 1. The van der Waals surface area contributed by atoms with E-state index in [4.69, 9.17) is 5.11 Å². The fraction of sp³-hybridized carbons (Fsp3) is 0.960. The lowest BCUT2D eigenvalue weighted by atomic mass is 9.86. The highest BCUT2D eigenvalue weighted by molar-refractivity contribution is 5.66. The van der Waals surface area contributed by atoms with Crippen LogP contribution in [0.15, 0.2) is 0 Å². The normalized spacial score (nSPS) is 16.7. The summed E-state index contributed by atoms with van der Waals surface area (Å²) in [6, 6.07) is 0. The van der Waals surface area contributed by atoms with Crippen LogP contribution in [-0.2, 0) is 4.79 Å². The molecule has 3 nitrogen and oxygen atoms in total. The minimum Gasteiger partial charge on any atom is -0.481 e. The lowest BCUT2D eigenvalue weighted by Gasteiger charge is -2.44. The van der Waals surface area contributed by atoms with Crippen molar-refractivity contribution >= 4 is 5.97 Å². The summed E-state index contributed by atoms with van der Waals surface area (Å²) in [5.41, 5.74) is 0. The lowest BCUT2D eigenvalue weighted by molar-refractivity contribution is -0.469. The number of nitrogens with zero attached hydrogens (tertiary/aromatic N) is 1.